The molecule has 0 fully saturated rings. The number of benzene rings is 4. The molecule has 0 aliphatic heterocycles. The number of aromatic nitrogens is 4. The zero-order valence-corrected chi connectivity index (χ0v) is 26.6. The maximum atomic E-state index is 14.3. The fourth-order valence-electron chi connectivity index (χ4n) is 6.44. The predicted molar refractivity (Wildman–Crippen MR) is 185 cm³/mol. The first-order chi connectivity index (χ1) is 22.3. The maximum absolute atomic E-state index is 14.3. The second-order valence-corrected chi connectivity index (χ2v) is 12.8. The molecule has 0 aliphatic rings. The number of halogens is 1. The van der Waals surface area contributed by atoms with E-state index in [1.54, 1.807) is 0 Å². The molecule has 230 valence electrons. The highest BCUT2D eigenvalue weighted by molar-refractivity contribution is 6.09. The van der Waals surface area contributed by atoms with Crippen LogP contribution in [0.5, 0.6) is 11.5 Å². The molecule has 0 saturated heterocycles. The van der Waals surface area contributed by atoms with Crippen LogP contribution in [-0.2, 0) is 12.8 Å². The van der Waals surface area contributed by atoms with Crippen molar-refractivity contribution in [3.05, 3.63) is 133 Å². The number of para-hydroxylation sites is 1. The molecule has 0 aliphatic carbocycles. The van der Waals surface area contributed by atoms with E-state index >= 15 is 0 Å². The molecule has 0 atom stereocenters. The molecule has 0 saturated carbocycles. The summed E-state index contributed by atoms with van der Waals surface area (Å²) < 4.78 is 24.6. The van der Waals surface area contributed by atoms with E-state index in [2.05, 4.69) is 69.2 Å². The lowest BCUT2D eigenvalue weighted by Gasteiger charge is -2.17. The summed E-state index contributed by atoms with van der Waals surface area (Å²) in [6.45, 7) is 9.07. The van der Waals surface area contributed by atoms with Gasteiger partial charge in [0.2, 0.25) is 0 Å². The molecule has 7 aromatic rings. The van der Waals surface area contributed by atoms with Gasteiger partial charge in [0.05, 0.1) is 22.9 Å². The minimum Gasteiger partial charge on any atom is -0.457 e. The summed E-state index contributed by atoms with van der Waals surface area (Å²) in [5.74, 6) is 2.67. The average Bonchev–Trinajstić information content (AvgIpc) is 3.64. The van der Waals surface area contributed by atoms with Gasteiger partial charge in [-0.25, -0.2) is 14.1 Å². The second kappa shape index (κ2) is 12.3. The van der Waals surface area contributed by atoms with Crippen LogP contribution >= 0.6 is 0 Å². The van der Waals surface area contributed by atoms with E-state index in [1.807, 2.05) is 70.0 Å². The number of fused-ring (bicyclic) bond motifs is 3. The normalized spacial score (nSPS) is 11.7. The Balaban J connectivity index is 1.23. The first-order valence-electron chi connectivity index (χ1n) is 15.9. The third kappa shape index (κ3) is 5.79. The molecule has 4 aromatic carbocycles. The van der Waals surface area contributed by atoms with E-state index in [0.29, 0.717) is 29.2 Å². The molecule has 0 bridgehead atoms. The van der Waals surface area contributed by atoms with Crippen molar-refractivity contribution in [2.45, 2.75) is 40.5 Å². The Labute approximate surface area is 268 Å². The zero-order valence-electron chi connectivity index (χ0n) is 26.6. The van der Waals surface area contributed by atoms with Crippen LogP contribution in [-0.4, -0.2) is 19.3 Å². The Morgan fingerprint density at radius 2 is 1.43 bits per heavy atom. The van der Waals surface area contributed by atoms with Crippen molar-refractivity contribution in [1.29, 1.82) is 0 Å². The van der Waals surface area contributed by atoms with Gasteiger partial charge in [0.25, 0.3) is 0 Å². The Kier molecular flexibility index (Phi) is 7.87. The summed E-state index contributed by atoms with van der Waals surface area (Å²) in [6.07, 6.45) is 7.64. The molecule has 0 radical (unpaired) electrons. The monoisotopic (exact) mass is 608 g/mol. The van der Waals surface area contributed by atoms with Crippen molar-refractivity contribution < 1.29 is 9.13 Å². The van der Waals surface area contributed by atoms with Gasteiger partial charge in [-0.05, 0) is 77.8 Å². The van der Waals surface area contributed by atoms with Gasteiger partial charge in [-0.1, -0.05) is 70.2 Å². The molecular formula is C40H37FN4O. The zero-order chi connectivity index (χ0) is 31.8. The van der Waals surface area contributed by atoms with Gasteiger partial charge in [-0.2, -0.15) is 5.10 Å². The Morgan fingerprint density at radius 1 is 0.717 bits per heavy atom. The molecule has 46 heavy (non-hydrogen) atoms. The van der Waals surface area contributed by atoms with Gasteiger partial charge in [-0.15, -0.1) is 0 Å². The largest absolute Gasteiger partial charge is 0.457 e. The number of hydrogen-bond acceptors (Lipinski definition) is 3. The summed E-state index contributed by atoms with van der Waals surface area (Å²) >= 11 is 0. The third-order valence-corrected chi connectivity index (χ3v) is 8.26. The minimum absolute atomic E-state index is 0.332. The van der Waals surface area contributed by atoms with Crippen LogP contribution in [0.25, 0.3) is 44.4 Å². The highest BCUT2D eigenvalue weighted by atomic mass is 19.1. The molecule has 3 aromatic heterocycles. The van der Waals surface area contributed by atoms with Crippen LogP contribution in [0.4, 0.5) is 4.39 Å². The Morgan fingerprint density at radius 3 is 2.20 bits per heavy atom. The predicted octanol–water partition coefficient (Wildman–Crippen LogP) is 10.4. The minimum atomic E-state index is -0.332. The van der Waals surface area contributed by atoms with E-state index < -0.39 is 0 Å². The van der Waals surface area contributed by atoms with Crippen LogP contribution in [0.2, 0.25) is 0 Å². The highest BCUT2D eigenvalue weighted by Gasteiger charge is 2.17. The third-order valence-electron chi connectivity index (χ3n) is 8.26. The van der Waals surface area contributed by atoms with Crippen LogP contribution in [0.15, 0.2) is 116 Å². The first-order valence-corrected chi connectivity index (χ1v) is 15.9. The molecule has 3 heterocycles. The van der Waals surface area contributed by atoms with Gasteiger partial charge in [-0.3, -0.25) is 4.57 Å². The maximum Gasteiger partial charge on any atom is 0.140 e. The van der Waals surface area contributed by atoms with Crippen molar-refractivity contribution in [2.75, 3.05) is 0 Å². The van der Waals surface area contributed by atoms with Crippen LogP contribution < -0.4 is 4.74 Å². The van der Waals surface area contributed by atoms with E-state index in [-0.39, 0.29) is 5.82 Å². The summed E-state index contributed by atoms with van der Waals surface area (Å²) in [5, 5.41) is 6.90. The van der Waals surface area contributed by atoms with Gasteiger partial charge in [0, 0.05) is 46.9 Å². The number of rotatable bonds is 9. The fourth-order valence-corrected chi connectivity index (χ4v) is 6.44. The molecule has 0 N–H and O–H groups in total. The lowest BCUT2D eigenvalue weighted by atomic mass is 9.88. The summed E-state index contributed by atoms with van der Waals surface area (Å²) in [4.78, 5) is 4.48. The van der Waals surface area contributed by atoms with Crippen LogP contribution in [0.3, 0.4) is 0 Å². The first kappa shape index (κ1) is 29.5. The van der Waals surface area contributed by atoms with E-state index in [9.17, 15) is 4.39 Å². The highest BCUT2D eigenvalue weighted by Crippen LogP contribution is 2.36. The molecule has 7 rings (SSSR count). The number of nitrogens with zero attached hydrogens (tertiary/aromatic N) is 4. The molecule has 0 unspecified atom stereocenters. The smallest absolute Gasteiger partial charge is 0.140 e. The van der Waals surface area contributed by atoms with Gasteiger partial charge in [0.1, 0.15) is 23.1 Å². The quantitative estimate of drug-likeness (QED) is 0.164. The van der Waals surface area contributed by atoms with Crippen LogP contribution in [0.1, 0.15) is 38.8 Å². The lowest BCUT2D eigenvalue weighted by molar-refractivity contribution is 0.483. The topological polar surface area (TPSA) is 44.9 Å². The summed E-state index contributed by atoms with van der Waals surface area (Å²) in [6, 6.07) is 31.6. The Hall–Kier alpha value is -5.23. The lowest BCUT2D eigenvalue weighted by Crippen LogP contribution is -2.03. The summed E-state index contributed by atoms with van der Waals surface area (Å²) in [7, 11) is 0. The number of ether oxygens (including phenoxy) is 1. The van der Waals surface area contributed by atoms with Crippen molar-refractivity contribution in [3.63, 3.8) is 0 Å². The molecule has 5 nitrogen and oxygen atoms in total. The van der Waals surface area contributed by atoms with Crippen LogP contribution in [0, 0.1) is 17.7 Å². The molecule has 0 amide bonds. The molecular weight excluding hydrogens is 571 g/mol. The van der Waals surface area contributed by atoms with Crippen molar-refractivity contribution in [2.24, 2.45) is 11.8 Å². The number of pyridine rings is 1. The average molecular weight is 609 g/mol. The van der Waals surface area contributed by atoms with E-state index in [1.165, 1.54) is 35.0 Å². The van der Waals surface area contributed by atoms with E-state index in [0.717, 1.165) is 45.9 Å². The fraction of sp³-hybridized carbons (Fsp3) is 0.200. The number of hydrogen-bond donors (Lipinski definition) is 0. The van der Waals surface area contributed by atoms with Crippen molar-refractivity contribution >= 4 is 21.8 Å². The SMILES string of the molecule is CC(C)Cc1cccc(CC(C)C)c1-c1cnn(-c2cccc(Oc3ccc4c5ccccc5n(-c5cc(F)ccn5)c4c3)c2)c1. The summed E-state index contributed by atoms with van der Waals surface area (Å²) in [5.41, 5.74) is 7.92. The standard InChI is InChI=1S/C40H37FN4O/c1-26(2)19-28-9-7-10-29(20-27(3)4)40(28)30-24-43-44(25-30)32-11-8-12-33(22-32)46-34-15-16-36-35-13-5-6-14-37(35)45(38(36)23-34)39-21-31(41)17-18-42-39/h5-18,21-27H,19-20H2,1-4H3. The molecule has 0 spiro atoms. The van der Waals surface area contributed by atoms with Gasteiger partial charge in [0.15, 0.2) is 0 Å². The molecule has 6 heteroatoms. The van der Waals surface area contributed by atoms with Crippen molar-refractivity contribution in [3.8, 4) is 34.1 Å². The van der Waals surface area contributed by atoms with Gasteiger partial charge < -0.3 is 4.74 Å². The van der Waals surface area contributed by atoms with E-state index in [4.69, 9.17) is 9.84 Å². The Bertz CT molecular complexity index is 2150. The van der Waals surface area contributed by atoms with Gasteiger partial charge >= 0.3 is 0 Å². The second-order valence-electron chi connectivity index (χ2n) is 12.8. The van der Waals surface area contributed by atoms with Crippen molar-refractivity contribution in [1.82, 2.24) is 19.3 Å².